The van der Waals surface area contributed by atoms with E-state index in [2.05, 4.69) is 9.97 Å². The molecule has 4 aromatic rings. The Morgan fingerprint density at radius 1 is 0.684 bits per heavy atom. The van der Waals surface area contributed by atoms with Gasteiger partial charge in [-0.1, -0.05) is 0 Å². The molecule has 2 aromatic carbocycles. The Morgan fingerprint density at radius 3 is 1.58 bits per heavy atom. The van der Waals surface area contributed by atoms with E-state index in [0.29, 0.717) is 72.2 Å². The Labute approximate surface area is 217 Å². The van der Waals surface area contributed by atoms with Crippen LogP contribution in [0.3, 0.4) is 0 Å². The number of aromatic amines is 2. The zero-order valence-electron chi connectivity index (χ0n) is 20.8. The van der Waals surface area contributed by atoms with Crippen LogP contribution in [0, 0.1) is 23.5 Å². The van der Waals surface area contributed by atoms with Gasteiger partial charge in [0.2, 0.25) is 0 Å². The summed E-state index contributed by atoms with van der Waals surface area (Å²) in [5.41, 5.74) is 2.13. The number of aromatic nitrogens is 2. The Balaban J connectivity index is 1.12. The molecule has 6 rings (SSSR count). The number of rotatable bonds is 4. The van der Waals surface area contributed by atoms with Crippen LogP contribution in [0.2, 0.25) is 0 Å². The molecule has 4 heterocycles. The molecule has 9 heteroatoms. The number of hydrogen-bond acceptors (Lipinski definition) is 3. The van der Waals surface area contributed by atoms with Crippen molar-refractivity contribution in [2.45, 2.75) is 25.7 Å². The third kappa shape index (κ3) is 4.57. The first-order valence-corrected chi connectivity index (χ1v) is 13.0. The monoisotopic (exact) mass is 518 g/mol. The predicted octanol–water partition coefficient (Wildman–Crippen LogP) is 4.90. The topological polar surface area (TPSA) is 89.3 Å². The first-order chi connectivity index (χ1) is 18.4. The zero-order valence-corrected chi connectivity index (χ0v) is 20.8. The summed E-state index contributed by atoms with van der Waals surface area (Å²) < 4.78 is 27.1. The van der Waals surface area contributed by atoms with E-state index in [0.717, 1.165) is 12.8 Å². The maximum Gasteiger partial charge on any atom is 0.270 e. The zero-order chi connectivity index (χ0) is 26.4. The minimum absolute atomic E-state index is 0.0948. The first kappa shape index (κ1) is 24.3. The highest BCUT2D eigenvalue weighted by Gasteiger charge is 2.36. The van der Waals surface area contributed by atoms with Gasteiger partial charge >= 0.3 is 0 Å². The third-order valence-corrected chi connectivity index (χ3v) is 7.85. The first-order valence-electron chi connectivity index (χ1n) is 13.0. The predicted molar refractivity (Wildman–Crippen MR) is 139 cm³/mol. The van der Waals surface area contributed by atoms with E-state index in [9.17, 15) is 23.2 Å². The van der Waals surface area contributed by atoms with Gasteiger partial charge in [-0.15, -0.1) is 0 Å². The minimum Gasteiger partial charge on any atom is -0.351 e. The number of H-pyrrole nitrogens is 2. The van der Waals surface area contributed by atoms with Gasteiger partial charge in [0, 0.05) is 59.8 Å². The molecule has 2 saturated heterocycles. The van der Waals surface area contributed by atoms with Gasteiger partial charge in [-0.2, -0.15) is 0 Å². The molecule has 7 nitrogen and oxygen atoms in total. The molecule has 38 heavy (non-hydrogen) atoms. The van der Waals surface area contributed by atoms with E-state index in [-0.39, 0.29) is 41.1 Å². The molecule has 2 atom stereocenters. The van der Waals surface area contributed by atoms with Gasteiger partial charge in [0.25, 0.3) is 11.8 Å². The van der Waals surface area contributed by atoms with E-state index in [1.807, 2.05) is 0 Å². The number of nitrogens with one attached hydrogen (secondary N) is 2. The molecule has 0 radical (unpaired) electrons. The summed E-state index contributed by atoms with van der Waals surface area (Å²) in [6.07, 6.45) is 2.85. The summed E-state index contributed by atoms with van der Waals surface area (Å²) in [4.78, 5) is 49.5. The van der Waals surface area contributed by atoms with Crippen LogP contribution in [0.25, 0.3) is 21.8 Å². The fraction of sp³-hybridized carbons (Fsp3) is 0.345. The second-order valence-corrected chi connectivity index (χ2v) is 10.4. The summed E-state index contributed by atoms with van der Waals surface area (Å²) >= 11 is 0. The second kappa shape index (κ2) is 9.70. The Kier molecular flexibility index (Phi) is 6.21. The van der Waals surface area contributed by atoms with Crippen molar-refractivity contribution in [3.63, 3.8) is 0 Å². The highest BCUT2D eigenvalue weighted by atomic mass is 19.1. The molecule has 0 bridgehead atoms. The molecule has 2 unspecified atom stereocenters. The van der Waals surface area contributed by atoms with Crippen molar-refractivity contribution in [1.29, 1.82) is 0 Å². The number of carbonyl (C=O) groups is 3. The summed E-state index contributed by atoms with van der Waals surface area (Å²) in [5.74, 6) is -1.60. The highest BCUT2D eigenvalue weighted by molar-refractivity contribution is 5.99. The van der Waals surface area contributed by atoms with Crippen LogP contribution in [0.1, 0.15) is 46.7 Å². The molecule has 2 amide bonds. The number of hydrogen-bond donors (Lipinski definition) is 2. The molecular formula is C29H28F2N4O3. The molecule has 0 saturated carbocycles. The molecule has 2 aromatic heterocycles. The molecule has 2 fully saturated rings. The largest absolute Gasteiger partial charge is 0.351 e. The fourth-order valence-electron chi connectivity index (χ4n) is 5.90. The van der Waals surface area contributed by atoms with E-state index in [1.165, 1.54) is 24.3 Å². The molecule has 2 aliphatic heterocycles. The van der Waals surface area contributed by atoms with Crippen LogP contribution in [-0.4, -0.2) is 63.5 Å². The average Bonchev–Trinajstić information content (AvgIpc) is 3.55. The quantitative estimate of drug-likeness (QED) is 0.403. The van der Waals surface area contributed by atoms with Crippen LogP contribution in [0.15, 0.2) is 48.5 Å². The lowest BCUT2D eigenvalue weighted by Crippen LogP contribution is -2.47. The molecule has 2 aliphatic rings. The van der Waals surface area contributed by atoms with E-state index >= 15 is 0 Å². The molecular weight excluding hydrogens is 490 g/mol. The Hall–Kier alpha value is -4.01. The third-order valence-electron chi connectivity index (χ3n) is 7.85. The van der Waals surface area contributed by atoms with Crippen molar-refractivity contribution < 1.29 is 23.2 Å². The number of halogens is 2. The van der Waals surface area contributed by atoms with Gasteiger partial charge in [0.05, 0.1) is 0 Å². The SMILES string of the molecule is O=C(C1CCCN(C(=O)c2cc3cc(F)ccc3[nH]2)C1)C1CCCN(C(=O)c2cc3cc(F)ccc3[nH]2)C1. The molecule has 196 valence electrons. The van der Waals surface area contributed by atoms with Crippen molar-refractivity contribution >= 4 is 39.4 Å². The van der Waals surface area contributed by atoms with Crippen molar-refractivity contribution in [2.75, 3.05) is 26.2 Å². The average molecular weight is 519 g/mol. The summed E-state index contributed by atoms with van der Waals surface area (Å²) in [5, 5.41) is 1.26. The van der Waals surface area contributed by atoms with E-state index in [1.54, 1.807) is 34.1 Å². The van der Waals surface area contributed by atoms with Crippen LogP contribution >= 0.6 is 0 Å². The van der Waals surface area contributed by atoms with Crippen LogP contribution in [-0.2, 0) is 4.79 Å². The van der Waals surface area contributed by atoms with Gasteiger partial charge in [-0.3, -0.25) is 14.4 Å². The smallest absolute Gasteiger partial charge is 0.270 e. The molecule has 0 spiro atoms. The number of amides is 2. The van der Waals surface area contributed by atoms with Crippen molar-refractivity contribution in [1.82, 2.24) is 19.8 Å². The van der Waals surface area contributed by atoms with Crippen molar-refractivity contribution in [2.24, 2.45) is 11.8 Å². The lowest BCUT2D eigenvalue weighted by molar-refractivity contribution is -0.129. The van der Waals surface area contributed by atoms with Crippen molar-refractivity contribution in [3.8, 4) is 0 Å². The maximum absolute atomic E-state index is 13.6. The van der Waals surface area contributed by atoms with Crippen LogP contribution < -0.4 is 0 Å². The Bertz CT molecular complexity index is 1440. The summed E-state index contributed by atoms with van der Waals surface area (Å²) in [7, 11) is 0. The van der Waals surface area contributed by atoms with Gasteiger partial charge in [-0.05, 0) is 74.2 Å². The number of ketones is 1. The minimum atomic E-state index is -0.363. The Morgan fingerprint density at radius 2 is 1.13 bits per heavy atom. The van der Waals surface area contributed by atoms with E-state index < -0.39 is 0 Å². The normalized spacial score (nSPS) is 20.3. The summed E-state index contributed by atoms with van der Waals surface area (Å²) in [6.45, 7) is 1.78. The van der Waals surface area contributed by atoms with Gasteiger partial charge in [0.15, 0.2) is 0 Å². The fourth-order valence-corrected chi connectivity index (χ4v) is 5.90. The number of piperidine rings is 2. The highest BCUT2D eigenvalue weighted by Crippen LogP contribution is 2.28. The summed E-state index contributed by atoms with van der Waals surface area (Å²) in [6, 6.07) is 12.0. The van der Waals surface area contributed by atoms with Crippen LogP contribution in [0.5, 0.6) is 0 Å². The van der Waals surface area contributed by atoms with E-state index in [4.69, 9.17) is 0 Å². The number of carbonyl (C=O) groups excluding carboxylic acids is 3. The number of Topliss-reactive ketones (excluding diaryl/α,β-unsaturated/α-hetero) is 1. The number of likely N-dealkylation sites (tertiary alicyclic amines) is 2. The van der Waals surface area contributed by atoms with Crippen molar-refractivity contribution in [3.05, 3.63) is 71.6 Å². The molecule has 2 N–H and O–H groups in total. The number of benzene rings is 2. The van der Waals surface area contributed by atoms with Gasteiger partial charge in [-0.25, -0.2) is 8.78 Å². The second-order valence-electron chi connectivity index (χ2n) is 10.4. The van der Waals surface area contributed by atoms with Gasteiger partial charge in [0.1, 0.15) is 28.8 Å². The lowest BCUT2D eigenvalue weighted by atomic mass is 9.83. The lowest BCUT2D eigenvalue weighted by Gasteiger charge is -2.36. The van der Waals surface area contributed by atoms with Gasteiger partial charge < -0.3 is 19.8 Å². The molecule has 0 aliphatic carbocycles. The standard InChI is InChI=1S/C29H28F2N4O3/c30-21-5-7-23-19(11-21)13-25(32-23)28(37)34-9-1-3-17(15-34)27(36)18-4-2-10-35(16-18)29(38)26-14-20-12-22(31)6-8-24(20)33-26/h5-8,11-14,17-18,32-33H,1-4,9-10,15-16H2. The number of nitrogens with zero attached hydrogens (tertiary/aromatic N) is 2. The maximum atomic E-state index is 13.6. The number of fused-ring (bicyclic) bond motifs is 2. The van der Waals surface area contributed by atoms with Crippen LogP contribution in [0.4, 0.5) is 8.78 Å².